The topological polar surface area (TPSA) is 92.4 Å². The molecule has 5 nitrogen and oxygen atoms in total. The highest BCUT2D eigenvalue weighted by atomic mass is 33.1. The average Bonchev–Trinajstić information content (AvgIpc) is 2.29. The van der Waals surface area contributed by atoms with Gasteiger partial charge in [-0.2, -0.15) is 21.0 Å². The first-order valence-corrected chi connectivity index (χ1v) is 10.3. The standard InChI is InChI=1S/C9H22N2O3S4/c1-11-9(2-4-15)7-17-16-6-8(10)3-5-18(12,13)14/h8-9,11,15H,2-7,10H2,1H3,(H,12,13,14)/t8-,9-/m0/s1. The minimum absolute atomic E-state index is 0.206. The highest BCUT2D eigenvalue weighted by Crippen LogP contribution is 2.23. The Kier molecular flexibility index (Phi) is 11.2. The first-order chi connectivity index (χ1) is 8.39. The van der Waals surface area contributed by atoms with Crippen LogP contribution in [0.2, 0.25) is 0 Å². The molecule has 0 aliphatic carbocycles. The SMILES string of the molecule is CN[C@@H](CCS)CSSC[C@@H](N)CCS(=O)(=O)O. The molecule has 0 aromatic heterocycles. The summed E-state index contributed by atoms with van der Waals surface area (Å²) >= 11 is 4.19. The van der Waals surface area contributed by atoms with Gasteiger partial charge in [-0.1, -0.05) is 21.6 Å². The van der Waals surface area contributed by atoms with Gasteiger partial charge in [-0.25, -0.2) is 0 Å². The second-order valence-electron chi connectivity index (χ2n) is 3.90. The van der Waals surface area contributed by atoms with Crippen molar-refractivity contribution in [2.24, 2.45) is 5.73 Å². The molecule has 0 rings (SSSR count). The van der Waals surface area contributed by atoms with Crippen molar-refractivity contribution >= 4 is 44.3 Å². The molecule has 0 unspecified atom stereocenters. The Morgan fingerprint density at radius 1 is 1.33 bits per heavy atom. The maximum Gasteiger partial charge on any atom is 0.264 e. The van der Waals surface area contributed by atoms with E-state index in [1.807, 2.05) is 7.05 Å². The van der Waals surface area contributed by atoms with Crippen LogP contribution >= 0.6 is 34.2 Å². The van der Waals surface area contributed by atoms with E-state index in [0.717, 1.165) is 17.9 Å². The van der Waals surface area contributed by atoms with Gasteiger partial charge in [-0.05, 0) is 25.6 Å². The summed E-state index contributed by atoms with van der Waals surface area (Å²) in [6.45, 7) is 0. The molecule has 0 heterocycles. The normalized spacial score (nSPS) is 15.6. The lowest BCUT2D eigenvalue weighted by Gasteiger charge is -2.15. The summed E-state index contributed by atoms with van der Waals surface area (Å²) in [4.78, 5) is 0. The van der Waals surface area contributed by atoms with Crippen LogP contribution in [-0.4, -0.2) is 55.1 Å². The maximum absolute atomic E-state index is 10.5. The monoisotopic (exact) mass is 334 g/mol. The van der Waals surface area contributed by atoms with Crippen molar-refractivity contribution in [1.82, 2.24) is 5.32 Å². The molecule has 0 radical (unpaired) electrons. The molecule has 0 aromatic rings. The van der Waals surface area contributed by atoms with Crippen LogP contribution in [-0.2, 0) is 10.1 Å². The van der Waals surface area contributed by atoms with Crippen LogP contribution in [0.15, 0.2) is 0 Å². The first-order valence-electron chi connectivity index (χ1n) is 5.62. The van der Waals surface area contributed by atoms with Crippen LogP contribution in [0, 0.1) is 0 Å². The predicted molar refractivity (Wildman–Crippen MR) is 85.2 cm³/mol. The lowest BCUT2D eigenvalue weighted by atomic mass is 10.3. The fraction of sp³-hybridized carbons (Fsp3) is 1.00. The molecular weight excluding hydrogens is 312 g/mol. The zero-order chi connectivity index (χ0) is 14.0. The van der Waals surface area contributed by atoms with Crippen molar-refractivity contribution in [3.05, 3.63) is 0 Å². The fourth-order valence-corrected chi connectivity index (χ4v) is 4.65. The van der Waals surface area contributed by atoms with Gasteiger partial charge in [0.05, 0.1) is 5.75 Å². The minimum atomic E-state index is -3.89. The molecule has 0 bridgehead atoms. The van der Waals surface area contributed by atoms with E-state index in [-0.39, 0.29) is 11.8 Å². The van der Waals surface area contributed by atoms with Crippen molar-refractivity contribution in [3.8, 4) is 0 Å². The Morgan fingerprint density at radius 2 is 1.94 bits per heavy atom. The van der Waals surface area contributed by atoms with Gasteiger partial charge < -0.3 is 11.1 Å². The van der Waals surface area contributed by atoms with Gasteiger partial charge in [0.25, 0.3) is 10.1 Å². The summed E-state index contributed by atoms with van der Waals surface area (Å²) in [7, 11) is 1.39. The van der Waals surface area contributed by atoms with Gasteiger partial charge in [-0.15, -0.1) is 0 Å². The molecule has 4 N–H and O–H groups in total. The van der Waals surface area contributed by atoms with Crippen molar-refractivity contribution in [1.29, 1.82) is 0 Å². The summed E-state index contributed by atoms with van der Waals surface area (Å²) in [6, 6.07) is 0.233. The van der Waals surface area contributed by atoms with Crippen LogP contribution < -0.4 is 11.1 Å². The second kappa shape index (κ2) is 10.6. The van der Waals surface area contributed by atoms with Gasteiger partial charge >= 0.3 is 0 Å². The van der Waals surface area contributed by atoms with Gasteiger partial charge in [0.2, 0.25) is 0 Å². The Balaban J connectivity index is 3.59. The summed E-state index contributed by atoms with van der Waals surface area (Å²) in [5.41, 5.74) is 5.75. The third-order valence-corrected chi connectivity index (χ3v) is 5.86. The number of nitrogens with one attached hydrogen (secondary N) is 1. The van der Waals surface area contributed by atoms with Crippen molar-refractivity contribution in [2.75, 3.05) is 30.1 Å². The van der Waals surface area contributed by atoms with Crippen LogP contribution in [0.3, 0.4) is 0 Å². The summed E-state index contributed by atoms with van der Waals surface area (Å²) in [5.74, 6) is 2.23. The Labute approximate surface area is 123 Å². The van der Waals surface area contributed by atoms with E-state index in [1.54, 1.807) is 21.6 Å². The largest absolute Gasteiger partial charge is 0.327 e. The maximum atomic E-state index is 10.5. The van der Waals surface area contributed by atoms with E-state index in [4.69, 9.17) is 10.3 Å². The molecule has 110 valence electrons. The fourth-order valence-electron chi connectivity index (χ4n) is 1.12. The average molecular weight is 335 g/mol. The molecule has 9 heteroatoms. The molecule has 18 heavy (non-hydrogen) atoms. The Hall–Kier alpha value is 0.880. The third-order valence-electron chi connectivity index (χ3n) is 2.27. The van der Waals surface area contributed by atoms with Crippen LogP contribution in [0.4, 0.5) is 0 Å². The number of nitrogens with two attached hydrogens (primary N) is 1. The minimum Gasteiger partial charge on any atom is -0.327 e. The van der Waals surface area contributed by atoms with E-state index < -0.39 is 10.1 Å². The number of hydrogen-bond donors (Lipinski definition) is 4. The van der Waals surface area contributed by atoms with E-state index >= 15 is 0 Å². The molecule has 0 spiro atoms. The Morgan fingerprint density at radius 3 is 2.44 bits per heavy atom. The third kappa shape index (κ3) is 11.9. The molecule has 0 aromatic carbocycles. The van der Waals surface area contributed by atoms with Crippen LogP contribution in [0.5, 0.6) is 0 Å². The highest BCUT2D eigenvalue weighted by molar-refractivity contribution is 8.76. The first kappa shape index (κ1) is 18.9. The van der Waals surface area contributed by atoms with Crippen molar-refractivity contribution in [2.45, 2.75) is 24.9 Å². The number of rotatable bonds is 11. The van der Waals surface area contributed by atoms with Crippen LogP contribution in [0.25, 0.3) is 0 Å². The van der Waals surface area contributed by atoms with Crippen LogP contribution in [0.1, 0.15) is 12.8 Å². The number of thiol groups is 1. The quantitative estimate of drug-likeness (QED) is 0.193. The lowest BCUT2D eigenvalue weighted by Crippen LogP contribution is -2.28. The van der Waals surface area contributed by atoms with E-state index in [0.29, 0.717) is 18.2 Å². The predicted octanol–water partition coefficient (Wildman–Crippen LogP) is 0.881. The second-order valence-corrected chi connectivity index (χ2v) is 8.47. The summed E-state index contributed by atoms with van der Waals surface area (Å²) in [5, 5.41) is 3.21. The van der Waals surface area contributed by atoms with Crippen molar-refractivity contribution in [3.63, 3.8) is 0 Å². The van der Waals surface area contributed by atoms with Crippen molar-refractivity contribution < 1.29 is 13.0 Å². The lowest BCUT2D eigenvalue weighted by molar-refractivity contribution is 0.478. The van der Waals surface area contributed by atoms with Gasteiger partial charge in [-0.3, -0.25) is 4.55 Å². The van der Waals surface area contributed by atoms with E-state index in [9.17, 15) is 8.42 Å². The van der Waals surface area contributed by atoms with E-state index in [1.165, 1.54) is 0 Å². The zero-order valence-electron chi connectivity index (χ0n) is 10.4. The highest BCUT2D eigenvalue weighted by Gasteiger charge is 2.10. The van der Waals surface area contributed by atoms with Gasteiger partial charge in [0.1, 0.15) is 0 Å². The smallest absolute Gasteiger partial charge is 0.264 e. The molecular formula is C9H22N2O3S4. The summed E-state index contributed by atoms with van der Waals surface area (Å²) in [6.07, 6.45) is 1.31. The summed E-state index contributed by atoms with van der Waals surface area (Å²) < 4.78 is 29.7. The molecule has 0 aliphatic heterocycles. The van der Waals surface area contributed by atoms with Gasteiger partial charge in [0, 0.05) is 23.6 Å². The number of hydrogen-bond acceptors (Lipinski definition) is 7. The Bertz CT molecular complexity index is 300. The molecule has 0 aliphatic rings. The molecule has 2 atom stereocenters. The molecule has 0 fully saturated rings. The zero-order valence-corrected chi connectivity index (χ0v) is 13.8. The van der Waals surface area contributed by atoms with Gasteiger partial charge in [0.15, 0.2) is 0 Å². The van der Waals surface area contributed by atoms with E-state index in [2.05, 4.69) is 17.9 Å². The molecule has 0 saturated carbocycles. The molecule has 0 amide bonds. The molecule has 0 saturated heterocycles.